The van der Waals surface area contributed by atoms with Crippen molar-refractivity contribution in [3.63, 3.8) is 0 Å². The predicted octanol–water partition coefficient (Wildman–Crippen LogP) is 3.97. The molecule has 1 aliphatic rings. The van der Waals surface area contributed by atoms with Gasteiger partial charge in [-0.25, -0.2) is 8.42 Å². The van der Waals surface area contributed by atoms with Gasteiger partial charge in [0.1, 0.15) is 4.90 Å². The Hall–Kier alpha value is -0.290. The first-order valence-corrected chi connectivity index (χ1v) is 8.87. The maximum absolute atomic E-state index is 12.8. The second-order valence-electron chi connectivity index (χ2n) is 5.80. The van der Waals surface area contributed by atoms with Crippen LogP contribution < -0.4 is 0 Å². The van der Waals surface area contributed by atoms with E-state index in [0.29, 0.717) is 35.5 Å². The quantitative estimate of drug-likeness (QED) is 0.819. The molecule has 112 valence electrons. The molecule has 0 bridgehead atoms. The predicted molar refractivity (Wildman–Crippen MR) is 82.9 cm³/mol. The number of aryl methyl sites for hydroxylation is 1. The third-order valence-corrected chi connectivity index (χ3v) is 6.37. The van der Waals surface area contributed by atoms with Gasteiger partial charge in [0.2, 0.25) is 10.0 Å². The maximum Gasteiger partial charge on any atom is 0.244 e. The van der Waals surface area contributed by atoms with Crippen molar-refractivity contribution in [3.8, 4) is 0 Å². The molecule has 0 saturated carbocycles. The van der Waals surface area contributed by atoms with Crippen LogP contribution in [-0.2, 0) is 10.0 Å². The number of sulfonamides is 1. The number of nitrogens with zero attached hydrogens (tertiary/aromatic N) is 1. The number of hydrogen-bond acceptors (Lipinski definition) is 2. The van der Waals surface area contributed by atoms with Crippen LogP contribution in [0.2, 0.25) is 10.0 Å². The number of benzene rings is 1. The Labute approximate surface area is 130 Å². The summed E-state index contributed by atoms with van der Waals surface area (Å²) in [6.07, 6.45) is 1.05. The summed E-state index contributed by atoms with van der Waals surface area (Å²) in [6.45, 7) is 7.02. The van der Waals surface area contributed by atoms with Crippen molar-refractivity contribution in [1.29, 1.82) is 0 Å². The molecule has 2 atom stereocenters. The molecule has 1 aromatic rings. The SMILES string of the molecule is Cc1cc(S(=O)(=O)N2CC(C)CC(C)C2)c(Cl)cc1Cl. The molecule has 2 unspecified atom stereocenters. The largest absolute Gasteiger partial charge is 0.244 e. The highest BCUT2D eigenvalue weighted by molar-refractivity contribution is 7.89. The van der Waals surface area contributed by atoms with Crippen molar-refractivity contribution in [1.82, 2.24) is 4.31 Å². The first kappa shape index (κ1) is 16.1. The van der Waals surface area contributed by atoms with Crippen LogP contribution in [0.3, 0.4) is 0 Å². The summed E-state index contributed by atoms with van der Waals surface area (Å²) >= 11 is 12.1. The van der Waals surface area contributed by atoms with Gasteiger partial charge in [-0.05, 0) is 42.9 Å². The lowest BCUT2D eigenvalue weighted by Gasteiger charge is -2.34. The van der Waals surface area contributed by atoms with Crippen LogP contribution in [0.4, 0.5) is 0 Å². The first-order valence-electron chi connectivity index (χ1n) is 6.67. The highest BCUT2D eigenvalue weighted by Crippen LogP contribution is 2.33. The van der Waals surface area contributed by atoms with Crippen molar-refractivity contribution in [2.75, 3.05) is 13.1 Å². The van der Waals surface area contributed by atoms with E-state index in [4.69, 9.17) is 23.2 Å². The molecule has 1 saturated heterocycles. The molecule has 0 aromatic heterocycles. The molecule has 0 aliphatic carbocycles. The van der Waals surface area contributed by atoms with Gasteiger partial charge in [-0.1, -0.05) is 37.0 Å². The average molecular weight is 336 g/mol. The van der Waals surface area contributed by atoms with Crippen LogP contribution >= 0.6 is 23.2 Å². The van der Waals surface area contributed by atoms with Gasteiger partial charge in [0.15, 0.2) is 0 Å². The van der Waals surface area contributed by atoms with Crippen LogP contribution in [-0.4, -0.2) is 25.8 Å². The summed E-state index contributed by atoms with van der Waals surface area (Å²) in [7, 11) is -3.56. The summed E-state index contributed by atoms with van der Waals surface area (Å²) in [5.74, 6) is 0.724. The smallest absolute Gasteiger partial charge is 0.207 e. The lowest BCUT2D eigenvalue weighted by atomic mass is 9.94. The third kappa shape index (κ3) is 3.14. The molecule has 0 amide bonds. The summed E-state index contributed by atoms with van der Waals surface area (Å²) < 4.78 is 27.1. The Morgan fingerprint density at radius 3 is 2.20 bits per heavy atom. The van der Waals surface area contributed by atoms with Crippen molar-refractivity contribution >= 4 is 33.2 Å². The summed E-state index contributed by atoms with van der Waals surface area (Å²) in [6, 6.07) is 3.06. The molecule has 1 fully saturated rings. The minimum absolute atomic E-state index is 0.155. The van der Waals surface area contributed by atoms with Gasteiger partial charge < -0.3 is 0 Å². The second kappa shape index (κ2) is 5.84. The highest BCUT2D eigenvalue weighted by atomic mass is 35.5. The minimum Gasteiger partial charge on any atom is -0.207 e. The highest BCUT2D eigenvalue weighted by Gasteiger charge is 2.33. The van der Waals surface area contributed by atoms with E-state index in [1.54, 1.807) is 17.3 Å². The van der Waals surface area contributed by atoms with Gasteiger partial charge >= 0.3 is 0 Å². The van der Waals surface area contributed by atoms with E-state index in [0.717, 1.165) is 6.42 Å². The monoisotopic (exact) mass is 335 g/mol. The van der Waals surface area contributed by atoms with Crippen LogP contribution in [0.15, 0.2) is 17.0 Å². The number of hydrogen-bond donors (Lipinski definition) is 0. The topological polar surface area (TPSA) is 37.4 Å². The zero-order valence-corrected chi connectivity index (χ0v) is 14.2. The second-order valence-corrected chi connectivity index (χ2v) is 8.52. The molecule has 6 heteroatoms. The molecule has 1 aliphatic heterocycles. The standard InChI is InChI=1S/C14H19Cl2NO2S/c1-9-4-10(2)8-17(7-9)20(18,19)14-5-11(3)12(15)6-13(14)16/h5-6,9-10H,4,7-8H2,1-3H3. The van der Waals surface area contributed by atoms with E-state index < -0.39 is 10.0 Å². The zero-order valence-electron chi connectivity index (χ0n) is 11.9. The van der Waals surface area contributed by atoms with E-state index in [1.165, 1.54) is 6.07 Å². The maximum atomic E-state index is 12.8. The minimum atomic E-state index is -3.56. The number of piperidine rings is 1. The molecular formula is C14H19Cl2NO2S. The van der Waals surface area contributed by atoms with Gasteiger partial charge in [-0.3, -0.25) is 0 Å². The van der Waals surface area contributed by atoms with Gasteiger partial charge in [-0.2, -0.15) is 4.31 Å². The lowest BCUT2D eigenvalue weighted by Crippen LogP contribution is -2.42. The van der Waals surface area contributed by atoms with Crippen molar-refractivity contribution in [2.45, 2.75) is 32.1 Å². The lowest BCUT2D eigenvalue weighted by molar-refractivity contribution is 0.222. The van der Waals surface area contributed by atoms with Crippen LogP contribution in [0.5, 0.6) is 0 Å². The van der Waals surface area contributed by atoms with E-state index in [9.17, 15) is 8.42 Å². The van der Waals surface area contributed by atoms with Crippen LogP contribution in [0.1, 0.15) is 25.8 Å². The summed E-state index contributed by atoms with van der Waals surface area (Å²) in [4.78, 5) is 0.155. The fraction of sp³-hybridized carbons (Fsp3) is 0.571. The molecule has 2 rings (SSSR count). The van der Waals surface area contributed by atoms with Gasteiger partial charge in [0.05, 0.1) is 5.02 Å². The van der Waals surface area contributed by atoms with E-state index in [2.05, 4.69) is 13.8 Å². The number of halogens is 2. The van der Waals surface area contributed by atoms with Crippen molar-refractivity contribution in [3.05, 3.63) is 27.7 Å². The van der Waals surface area contributed by atoms with E-state index >= 15 is 0 Å². The first-order chi connectivity index (χ1) is 9.21. The normalized spacial score (nSPS) is 24.9. The molecule has 1 heterocycles. The fourth-order valence-corrected chi connectivity index (χ4v) is 5.26. The average Bonchev–Trinajstić information content (AvgIpc) is 2.32. The van der Waals surface area contributed by atoms with Crippen molar-refractivity contribution in [2.24, 2.45) is 11.8 Å². The molecule has 1 aromatic carbocycles. The van der Waals surface area contributed by atoms with Crippen LogP contribution in [0.25, 0.3) is 0 Å². The van der Waals surface area contributed by atoms with Gasteiger partial charge in [-0.15, -0.1) is 0 Å². The molecule has 0 N–H and O–H groups in total. The summed E-state index contributed by atoms with van der Waals surface area (Å²) in [5, 5.41) is 0.667. The van der Waals surface area contributed by atoms with Crippen molar-refractivity contribution < 1.29 is 8.42 Å². The Bertz CT molecular complexity index is 606. The molecular weight excluding hydrogens is 317 g/mol. The van der Waals surface area contributed by atoms with E-state index in [1.807, 2.05) is 0 Å². The Kier molecular flexibility index (Phi) is 4.69. The Morgan fingerprint density at radius 1 is 1.10 bits per heavy atom. The fourth-order valence-electron chi connectivity index (χ4n) is 2.77. The number of rotatable bonds is 2. The Morgan fingerprint density at radius 2 is 1.65 bits per heavy atom. The molecule has 3 nitrogen and oxygen atoms in total. The summed E-state index contributed by atoms with van der Waals surface area (Å²) in [5.41, 5.74) is 0.716. The van der Waals surface area contributed by atoms with Gasteiger partial charge in [0.25, 0.3) is 0 Å². The molecule has 0 spiro atoms. The zero-order chi connectivity index (χ0) is 15.1. The van der Waals surface area contributed by atoms with E-state index in [-0.39, 0.29) is 9.92 Å². The molecule has 0 radical (unpaired) electrons. The van der Waals surface area contributed by atoms with Gasteiger partial charge in [0, 0.05) is 18.1 Å². The molecule has 20 heavy (non-hydrogen) atoms. The Balaban J connectivity index is 2.42. The third-order valence-electron chi connectivity index (χ3n) is 3.67. The van der Waals surface area contributed by atoms with Crippen LogP contribution in [0, 0.1) is 18.8 Å².